The van der Waals surface area contributed by atoms with Crippen LogP contribution in [0.5, 0.6) is 17.2 Å². The summed E-state index contributed by atoms with van der Waals surface area (Å²) in [5.41, 5.74) is 2.12. The van der Waals surface area contributed by atoms with Crippen LogP contribution in [0.3, 0.4) is 0 Å². The van der Waals surface area contributed by atoms with Crippen molar-refractivity contribution < 1.29 is 19.0 Å². The summed E-state index contributed by atoms with van der Waals surface area (Å²) >= 11 is 0. The van der Waals surface area contributed by atoms with E-state index in [9.17, 15) is 4.79 Å². The molecule has 0 saturated heterocycles. The maximum Gasteiger partial charge on any atom is 0.343 e. The summed E-state index contributed by atoms with van der Waals surface area (Å²) < 4.78 is 16.9. The summed E-state index contributed by atoms with van der Waals surface area (Å²) in [4.78, 5) is 12.6. The highest BCUT2D eigenvalue weighted by molar-refractivity contribution is 6.07. The number of hydrogen-bond donors (Lipinski definition) is 0. The summed E-state index contributed by atoms with van der Waals surface area (Å²) in [7, 11) is 1.62. The van der Waals surface area contributed by atoms with Crippen molar-refractivity contribution in [3.63, 3.8) is 0 Å². The van der Waals surface area contributed by atoms with Gasteiger partial charge >= 0.3 is 5.97 Å². The van der Waals surface area contributed by atoms with Crippen LogP contribution in [0.15, 0.2) is 103 Å². The summed E-state index contributed by atoms with van der Waals surface area (Å²) in [5.74, 6) is 2.29. The van der Waals surface area contributed by atoms with Gasteiger partial charge in [0, 0.05) is 11.1 Å². The number of cyclic esters (lactones) is 1. The molecule has 32 heavy (non-hydrogen) atoms. The van der Waals surface area contributed by atoms with Crippen molar-refractivity contribution in [2.75, 3.05) is 7.11 Å². The van der Waals surface area contributed by atoms with Crippen LogP contribution in [0.4, 0.5) is 0 Å². The molecule has 0 bridgehead atoms. The van der Waals surface area contributed by atoms with E-state index in [1.54, 1.807) is 13.2 Å². The molecule has 0 N–H and O–H groups in total. The molecular weight excluding hydrogens is 400 g/mol. The second-order valence-corrected chi connectivity index (χ2v) is 7.34. The Morgan fingerprint density at radius 2 is 1.50 bits per heavy atom. The lowest BCUT2D eigenvalue weighted by Crippen LogP contribution is -1.98. The molecule has 1 heterocycles. The van der Waals surface area contributed by atoms with E-state index in [-0.39, 0.29) is 5.97 Å². The fourth-order valence-electron chi connectivity index (χ4n) is 3.70. The third-order valence-corrected chi connectivity index (χ3v) is 5.29. The highest BCUT2D eigenvalue weighted by atomic mass is 16.5. The molecule has 4 aromatic carbocycles. The Hall–Kier alpha value is -4.31. The van der Waals surface area contributed by atoms with Gasteiger partial charge in [-0.2, -0.15) is 0 Å². The largest absolute Gasteiger partial charge is 0.496 e. The lowest BCUT2D eigenvalue weighted by molar-refractivity contribution is -0.130. The van der Waals surface area contributed by atoms with Crippen molar-refractivity contribution in [1.29, 1.82) is 0 Å². The van der Waals surface area contributed by atoms with E-state index in [0.717, 1.165) is 27.6 Å². The van der Waals surface area contributed by atoms with Crippen LogP contribution in [0, 0.1) is 0 Å². The maximum atomic E-state index is 12.6. The van der Waals surface area contributed by atoms with E-state index in [4.69, 9.17) is 14.2 Å². The van der Waals surface area contributed by atoms with Gasteiger partial charge in [-0.05, 0) is 65.4 Å². The second kappa shape index (κ2) is 8.44. The maximum absolute atomic E-state index is 12.6. The highest BCUT2D eigenvalue weighted by Gasteiger charge is 2.23. The predicted octanol–water partition coefficient (Wildman–Crippen LogP) is 6.62. The minimum atomic E-state index is -0.389. The van der Waals surface area contributed by atoms with Gasteiger partial charge in [0.2, 0.25) is 0 Å². The zero-order chi connectivity index (χ0) is 21.9. The summed E-state index contributed by atoms with van der Waals surface area (Å²) in [6.07, 6.45) is 3.58. The molecule has 1 aliphatic rings. The molecule has 0 radical (unpaired) electrons. The van der Waals surface area contributed by atoms with Crippen molar-refractivity contribution in [2.45, 2.75) is 0 Å². The average Bonchev–Trinajstić information content (AvgIpc) is 3.20. The van der Waals surface area contributed by atoms with Gasteiger partial charge < -0.3 is 14.2 Å². The fraction of sp³-hybridized carbons (Fsp3) is 0.0357. The number of para-hydroxylation sites is 1. The molecule has 1 aliphatic heterocycles. The number of rotatable bonds is 5. The summed E-state index contributed by atoms with van der Waals surface area (Å²) in [5, 5.41) is 2.08. The first-order valence-corrected chi connectivity index (χ1v) is 10.3. The Labute approximate surface area is 186 Å². The van der Waals surface area contributed by atoms with Gasteiger partial charge in [0.25, 0.3) is 0 Å². The number of hydrogen-bond acceptors (Lipinski definition) is 4. The zero-order valence-corrected chi connectivity index (χ0v) is 17.4. The molecule has 156 valence electrons. The molecule has 4 heteroatoms. The van der Waals surface area contributed by atoms with Gasteiger partial charge in [-0.15, -0.1) is 0 Å². The van der Waals surface area contributed by atoms with Gasteiger partial charge in [0.05, 0.1) is 12.7 Å². The van der Waals surface area contributed by atoms with E-state index in [1.165, 1.54) is 0 Å². The first-order valence-electron chi connectivity index (χ1n) is 10.3. The second-order valence-electron chi connectivity index (χ2n) is 7.34. The van der Waals surface area contributed by atoms with Crippen LogP contribution < -0.4 is 9.47 Å². The zero-order valence-electron chi connectivity index (χ0n) is 17.4. The van der Waals surface area contributed by atoms with E-state index in [1.807, 2.05) is 97.1 Å². The first kappa shape index (κ1) is 19.6. The Balaban J connectivity index is 1.45. The van der Waals surface area contributed by atoms with Gasteiger partial charge in [-0.3, -0.25) is 0 Å². The summed E-state index contributed by atoms with van der Waals surface area (Å²) in [6, 6.07) is 28.9. The molecule has 0 amide bonds. The number of fused-ring (bicyclic) bond motifs is 1. The molecule has 4 aromatic rings. The minimum Gasteiger partial charge on any atom is -0.496 e. The van der Waals surface area contributed by atoms with Crippen molar-refractivity contribution in [1.82, 2.24) is 0 Å². The highest BCUT2D eigenvalue weighted by Crippen LogP contribution is 2.34. The lowest BCUT2D eigenvalue weighted by Gasteiger charge is -2.09. The quantitative estimate of drug-likeness (QED) is 0.269. The Bertz CT molecular complexity index is 1350. The van der Waals surface area contributed by atoms with Crippen LogP contribution in [0.2, 0.25) is 0 Å². The van der Waals surface area contributed by atoms with Crippen molar-refractivity contribution in [3.8, 4) is 17.2 Å². The Morgan fingerprint density at radius 1 is 0.781 bits per heavy atom. The Morgan fingerprint density at radius 3 is 2.28 bits per heavy atom. The molecule has 0 aliphatic carbocycles. The number of methoxy groups -OCH3 is 1. The van der Waals surface area contributed by atoms with E-state index >= 15 is 0 Å². The third kappa shape index (κ3) is 3.86. The van der Waals surface area contributed by atoms with Crippen molar-refractivity contribution in [3.05, 3.63) is 114 Å². The third-order valence-electron chi connectivity index (χ3n) is 5.29. The lowest BCUT2D eigenvalue weighted by atomic mass is 10.0. The van der Waals surface area contributed by atoms with Crippen molar-refractivity contribution in [2.24, 2.45) is 0 Å². The SMILES string of the molecule is COc1ccc2ccccc2c1/C=C1\C=C(c2ccc(Oc3ccccc3)cc2)OC1=O. The molecule has 4 nitrogen and oxygen atoms in total. The molecule has 0 fully saturated rings. The number of ether oxygens (including phenoxy) is 3. The summed E-state index contributed by atoms with van der Waals surface area (Å²) in [6.45, 7) is 0. The van der Waals surface area contributed by atoms with Gasteiger partial charge in [0.15, 0.2) is 0 Å². The monoisotopic (exact) mass is 420 g/mol. The van der Waals surface area contributed by atoms with Crippen LogP contribution >= 0.6 is 0 Å². The number of carbonyl (C=O) groups excluding carboxylic acids is 1. The Kier molecular flexibility index (Phi) is 5.18. The van der Waals surface area contributed by atoms with Crippen LogP contribution in [-0.4, -0.2) is 13.1 Å². The number of carbonyl (C=O) groups is 1. The molecule has 0 saturated carbocycles. The van der Waals surface area contributed by atoms with Crippen LogP contribution in [0.25, 0.3) is 22.6 Å². The molecule has 5 rings (SSSR count). The molecule has 0 spiro atoms. The predicted molar refractivity (Wildman–Crippen MR) is 126 cm³/mol. The van der Waals surface area contributed by atoms with Crippen LogP contribution in [0.1, 0.15) is 11.1 Å². The van der Waals surface area contributed by atoms with Gasteiger partial charge in [-0.1, -0.05) is 48.5 Å². The topological polar surface area (TPSA) is 44.8 Å². The fourth-order valence-corrected chi connectivity index (χ4v) is 3.70. The van der Waals surface area contributed by atoms with E-state index in [0.29, 0.717) is 22.8 Å². The standard InChI is InChI=1S/C28H20O4/c1-30-26-16-13-19-7-5-6-10-24(19)25(26)17-21-18-27(32-28(21)29)20-11-14-23(15-12-20)31-22-8-3-2-4-9-22/h2-18H,1H3/b21-17+. The first-order chi connectivity index (χ1) is 15.7. The minimum absolute atomic E-state index is 0.389. The number of esters is 1. The van der Waals surface area contributed by atoms with Crippen molar-refractivity contribution >= 4 is 28.6 Å². The van der Waals surface area contributed by atoms with Gasteiger partial charge in [0.1, 0.15) is 23.0 Å². The number of benzene rings is 4. The normalized spacial score (nSPS) is 14.3. The van der Waals surface area contributed by atoms with E-state index in [2.05, 4.69) is 0 Å². The molecular formula is C28H20O4. The molecule has 0 atom stereocenters. The average molecular weight is 420 g/mol. The van der Waals surface area contributed by atoms with Gasteiger partial charge in [-0.25, -0.2) is 4.79 Å². The molecule has 0 aromatic heterocycles. The molecule has 0 unspecified atom stereocenters. The van der Waals surface area contributed by atoms with Crippen LogP contribution in [-0.2, 0) is 9.53 Å². The smallest absolute Gasteiger partial charge is 0.343 e. The van der Waals surface area contributed by atoms with E-state index < -0.39 is 0 Å².